The first-order chi connectivity index (χ1) is 12.9. The third kappa shape index (κ3) is 4.08. The molecule has 1 aliphatic carbocycles. The van der Waals surface area contributed by atoms with Gasteiger partial charge in [0, 0.05) is 5.92 Å². The second kappa shape index (κ2) is 8.26. The lowest BCUT2D eigenvalue weighted by atomic mass is 9.77. The molecule has 0 radical (unpaired) electrons. The minimum Gasteiger partial charge on any atom is -0.223 e. The molecule has 0 N–H and O–H groups in total. The van der Waals surface area contributed by atoms with Crippen LogP contribution in [0.2, 0.25) is 0 Å². The zero-order valence-corrected chi connectivity index (χ0v) is 16.8. The standard InChI is InChI=1S/C24H28O2S/c1-4-22(20-11-6-5-7-12-20)24(23-13-9-8-10-19(23)3)27(25,26)21-16-14-18(2)15-17-21/h4-7,11-12,14-17,22-24H,1,3,8-10,13H2,2H3. The molecule has 27 heavy (non-hydrogen) atoms. The third-order valence-electron chi connectivity index (χ3n) is 5.68. The Balaban J connectivity index is 2.13. The van der Waals surface area contributed by atoms with E-state index in [9.17, 15) is 8.42 Å². The molecule has 2 nitrogen and oxygen atoms in total. The van der Waals surface area contributed by atoms with Crippen LogP contribution in [-0.4, -0.2) is 13.7 Å². The number of allylic oxidation sites excluding steroid dienone is 2. The highest BCUT2D eigenvalue weighted by atomic mass is 32.2. The van der Waals surface area contributed by atoms with Gasteiger partial charge < -0.3 is 0 Å². The number of benzene rings is 2. The Bertz CT molecular complexity index is 895. The van der Waals surface area contributed by atoms with Gasteiger partial charge in [0.2, 0.25) is 0 Å². The molecule has 3 rings (SSSR count). The molecule has 2 aromatic carbocycles. The van der Waals surface area contributed by atoms with Crippen LogP contribution in [0.1, 0.15) is 42.7 Å². The maximum Gasteiger partial charge on any atom is 0.182 e. The zero-order valence-electron chi connectivity index (χ0n) is 16.0. The quantitative estimate of drug-likeness (QED) is 0.589. The van der Waals surface area contributed by atoms with Crippen LogP contribution >= 0.6 is 0 Å². The summed E-state index contributed by atoms with van der Waals surface area (Å²) in [4.78, 5) is 0.388. The monoisotopic (exact) mass is 380 g/mol. The Kier molecular flexibility index (Phi) is 6.01. The number of rotatable bonds is 6. The van der Waals surface area contributed by atoms with E-state index in [1.54, 1.807) is 18.2 Å². The Morgan fingerprint density at radius 1 is 1.04 bits per heavy atom. The largest absolute Gasteiger partial charge is 0.223 e. The molecule has 0 amide bonds. The van der Waals surface area contributed by atoms with Gasteiger partial charge >= 0.3 is 0 Å². The van der Waals surface area contributed by atoms with Gasteiger partial charge in [0.15, 0.2) is 9.84 Å². The van der Waals surface area contributed by atoms with Crippen LogP contribution in [0.4, 0.5) is 0 Å². The molecule has 3 atom stereocenters. The summed E-state index contributed by atoms with van der Waals surface area (Å²) in [6.45, 7) is 10.2. The smallest absolute Gasteiger partial charge is 0.182 e. The van der Waals surface area contributed by atoms with E-state index in [1.807, 2.05) is 49.4 Å². The van der Waals surface area contributed by atoms with Crippen LogP contribution in [-0.2, 0) is 9.84 Å². The molecule has 0 spiro atoms. The first-order valence-corrected chi connectivity index (χ1v) is 11.2. The second-order valence-electron chi connectivity index (χ2n) is 7.51. The molecule has 3 heteroatoms. The lowest BCUT2D eigenvalue weighted by Crippen LogP contribution is -2.37. The lowest BCUT2D eigenvalue weighted by Gasteiger charge is -2.36. The van der Waals surface area contributed by atoms with Gasteiger partial charge in [0.25, 0.3) is 0 Å². The van der Waals surface area contributed by atoms with Crippen molar-refractivity contribution in [2.45, 2.75) is 48.7 Å². The van der Waals surface area contributed by atoms with Crippen molar-refractivity contribution in [3.05, 3.63) is 90.5 Å². The Morgan fingerprint density at radius 3 is 2.30 bits per heavy atom. The highest BCUT2D eigenvalue weighted by molar-refractivity contribution is 7.92. The summed E-state index contributed by atoms with van der Waals surface area (Å²) in [6.07, 6.45) is 5.71. The van der Waals surface area contributed by atoms with Crippen LogP contribution in [0, 0.1) is 12.8 Å². The topological polar surface area (TPSA) is 34.1 Å². The Labute approximate surface area is 163 Å². The van der Waals surface area contributed by atoms with Crippen LogP contribution in [0.5, 0.6) is 0 Å². The number of aryl methyl sites for hydroxylation is 1. The molecule has 0 aliphatic heterocycles. The van der Waals surface area contributed by atoms with E-state index in [1.165, 1.54) is 0 Å². The first kappa shape index (κ1) is 19.6. The number of hydrogen-bond donors (Lipinski definition) is 0. The van der Waals surface area contributed by atoms with Crippen molar-refractivity contribution < 1.29 is 8.42 Å². The molecular weight excluding hydrogens is 352 g/mol. The van der Waals surface area contributed by atoms with Crippen molar-refractivity contribution in [3.63, 3.8) is 0 Å². The molecule has 0 bridgehead atoms. The van der Waals surface area contributed by atoms with Crippen molar-refractivity contribution in [2.24, 2.45) is 5.92 Å². The van der Waals surface area contributed by atoms with Crippen molar-refractivity contribution >= 4 is 9.84 Å². The number of hydrogen-bond acceptors (Lipinski definition) is 2. The predicted octanol–water partition coefficient (Wildman–Crippen LogP) is 5.85. The lowest BCUT2D eigenvalue weighted by molar-refractivity contribution is 0.410. The van der Waals surface area contributed by atoms with Crippen LogP contribution in [0.15, 0.2) is 84.3 Å². The zero-order chi connectivity index (χ0) is 19.4. The van der Waals surface area contributed by atoms with Gasteiger partial charge in [-0.15, -0.1) is 6.58 Å². The van der Waals surface area contributed by atoms with Crippen LogP contribution in [0.3, 0.4) is 0 Å². The molecule has 2 aromatic rings. The summed E-state index contributed by atoms with van der Waals surface area (Å²) in [6, 6.07) is 17.0. The summed E-state index contributed by atoms with van der Waals surface area (Å²) in [5.74, 6) is -0.314. The van der Waals surface area contributed by atoms with E-state index in [-0.39, 0.29) is 11.8 Å². The van der Waals surface area contributed by atoms with E-state index in [4.69, 9.17) is 0 Å². The summed E-state index contributed by atoms with van der Waals surface area (Å²) >= 11 is 0. The van der Waals surface area contributed by atoms with E-state index in [0.29, 0.717) is 4.90 Å². The molecular formula is C24H28O2S. The minimum absolute atomic E-state index is 0.0479. The average molecular weight is 381 g/mol. The minimum atomic E-state index is -3.54. The average Bonchev–Trinajstić information content (AvgIpc) is 2.68. The fourth-order valence-corrected chi connectivity index (χ4v) is 6.43. The molecule has 0 saturated heterocycles. The summed E-state index contributed by atoms with van der Waals surface area (Å²) < 4.78 is 27.5. The van der Waals surface area contributed by atoms with Gasteiger partial charge in [-0.3, -0.25) is 0 Å². The Hall–Kier alpha value is -2.13. The highest BCUT2D eigenvalue weighted by Gasteiger charge is 2.41. The second-order valence-corrected chi connectivity index (χ2v) is 9.61. The summed E-state index contributed by atoms with van der Waals surface area (Å²) in [7, 11) is -3.54. The van der Waals surface area contributed by atoms with Crippen molar-refractivity contribution in [1.82, 2.24) is 0 Å². The maximum absolute atomic E-state index is 13.8. The molecule has 1 fully saturated rings. The van der Waals surface area contributed by atoms with E-state index < -0.39 is 15.1 Å². The highest BCUT2D eigenvalue weighted by Crippen LogP contribution is 2.42. The first-order valence-electron chi connectivity index (χ1n) is 9.61. The molecule has 3 unspecified atom stereocenters. The number of sulfone groups is 1. The van der Waals surface area contributed by atoms with E-state index in [0.717, 1.165) is 42.4 Å². The van der Waals surface area contributed by atoms with E-state index >= 15 is 0 Å². The van der Waals surface area contributed by atoms with Crippen molar-refractivity contribution in [3.8, 4) is 0 Å². The summed E-state index contributed by atoms with van der Waals surface area (Å²) in [5.41, 5.74) is 3.10. The molecule has 1 aliphatic rings. The third-order valence-corrected chi connectivity index (χ3v) is 7.95. The van der Waals surface area contributed by atoms with Crippen molar-refractivity contribution in [1.29, 1.82) is 0 Å². The fourth-order valence-electron chi connectivity index (χ4n) is 4.18. The van der Waals surface area contributed by atoms with Gasteiger partial charge in [-0.05, 0) is 49.8 Å². The van der Waals surface area contributed by atoms with Gasteiger partial charge in [0.05, 0.1) is 10.1 Å². The maximum atomic E-state index is 13.8. The van der Waals surface area contributed by atoms with Gasteiger partial charge in [0.1, 0.15) is 0 Å². The van der Waals surface area contributed by atoms with Gasteiger partial charge in [-0.1, -0.05) is 72.7 Å². The predicted molar refractivity (Wildman–Crippen MR) is 113 cm³/mol. The molecule has 142 valence electrons. The fraction of sp³-hybridized carbons (Fsp3) is 0.333. The summed E-state index contributed by atoms with van der Waals surface area (Å²) in [5, 5.41) is -0.576. The van der Waals surface area contributed by atoms with Crippen LogP contribution in [0.25, 0.3) is 0 Å². The van der Waals surface area contributed by atoms with Gasteiger partial charge in [-0.25, -0.2) is 8.42 Å². The normalized spacial score (nSPS) is 20.0. The Morgan fingerprint density at radius 2 is 1.70 bits per heavy atom. The van der Waals surface area contributed by atoms with Crippen LogP contribution < -0.4 is 0 Å². The molecule has 0 heterocycles. The SMILES string of the molecule is C=CC(c1ccccc1)C(C1CCCCC1=C)S(=O)(=O)c1ccc(C)cc1. The molecule has 0 aromatic heterocycles. The van der Waals surface area contributed by atoms with E-state index in [2.05, 4.69) is 13.2 Å². The van der Waals surface area contributed by atoms with Gasteiger partial charge in [-0.2, -0.15) is 0 Å². The van der Waals surface area contributed by atoms with Crippen molar-refractivity contribution in [2.75, 3.05) is 0 Å². The molecule has 1 saturated carbocycles.